The van der Waals surface area contributed by atoms with Gasteiger partial charge in [0.2, 0.25) is 5.91 Å². The van der Waals surface area contributed by atoms with Crippen molar-refractivity contribution in [3.8, 4) is 0 Å². The van der Waals surface area contributed by atoms with Crippen LogP contribution < -0.4 is 5.32 Å². The molecule has 1 aromatic heterocycles. The number of hydrogen-bond acceptors (Lipinski definition) is 4. The standard InChI is InChI=1S/C14H20ClN3O2/c15-14-12(6-3-7-16-14)17-13(20)10-18(8-9-19)11-4-1-2-5-11/h3,6-7,11,19H,1-2,4-5,8-10H2,(H,17,20). The van der Waals surface area contributed by atoms with E-state index in [4.69, 9.17) is 16.7 Å². The molecule has 1 fully saturated rings. The first-order valence-electron chi connectivity index (χ1n) is 6.96. The number of hydrogen-bond donors (Lipinski definition) is 2. The second-order valence-corrected chi connectivity index (χ2v) is 5.38. The SMILES string of the molecule is O=C(CN(CCO)C1CCCC1)Nc1cccnc1Cl. The molecule has 0 aliphatic heterocycles. The molecule has 2 N–H and O–H groups in total. The van der Waals surface area contributed by atoms with Gasteiger partial charge in [0.25, 0.3) is 0 Å². The summed E-state index contributed by atoms with van der Waals surface area (Å²) in [4.78, 5) is 18.1. The van der Waals surface area contributed by atoms with Crippen molar-refractivity contribution in [2.24, 2.45) is 0 Å². The maximum atomic E-state index is 12.1. The molecule has 0 saturated heterocycles. The number of rotatable bonds is 6. The van der Waals surface area contributed by atoms with Crippen molar-refractivity contribution in [3.05, 3.63) is 23.5 Å². The lowest BCUT2D eigenvalue weighted by molar-refractivity contribution is -0.118. The molecule has 1 saturated carbocycles. The Labute approximate surface area is 123 Å². The number of anilines is 1. The number of carbonyl (C=O) groups is 1. The molecule has 1 amide bonds. The van der Waals surface area contributed by atoms with Gasteiger partial charge in [0.15, 0.2) is 5.15 Å². The van der Waals surface area contributed by atoms with Gasteiger partial charge in [-0.25, -0.2) is 4.98 Å². The van der Waals surface area contributed by atoms with Gasteiger partial charge in [-0.05, 0) is 25.0 Å². The fraction of sp³-hybridized carbons (Fsp3) is 0.571. The van der Waals surface area contributed by atoms with Gasteiger partial charge >= 0.3 is 0 Å². The number of nitrogens with zero attached hydrogens (tertiary/aromatic N) is 2. The summed E-state index contributed by atoms with van der Waals surface area (Å²) in [5.41, 5.74) is 0.523. The Kier molecular flexibility index (Phi) is 5.76. The van der Waals surface area contributed by atoms with E-state index < -0.39 is 0 Å². The van der Waals surface area contributed by atoms with Crippen LogP contribution in [-0.2, 0) is 4.79 Å². The number of halogens is 1. The minimum absolute atomic E-state index is 0.0669. The summed E-state index contributed by atoms with van der Waals surface area (Å²) >= 11 is 5.91. The average molecular weight is 298 g/mol. The largest absolute Gasteiger partial charge is 0.395 e. The second-order valence-electron chi connectivity index (χ2n) is 5.02. The maximum Gasteiger partial charge on any atom is 0.238 e. The number of amides is 1. The topological polar surface area (TPSA) is 65.5 Å². The van der Waals surface area contributed by atoms with E-state index in [1.54, 1.807) is 18.3 Å². The molecule has 5 nitrogen and oxygen atoms in total. The minimum Gasteiger partial charge on any atom is -0.395 e. The van der Waals surface area contributed by atoms with Crippen LogP contribution in [-0.4, -0.2) is 46.6 Å². The molecule has 1 heterocycles. The van der Waals surface area contributed by atoms with Gasteiger partial charge in [0.1, 0.15) is 0 Å². The van der Waals surface area contributed by atoms with Crippen LogP contribution >= 0.6 is 11.6 Å². The second kappa shape index (κ2) is 7.57. The molecule has 0 atom stereocenters. The van der Waals surface area contributed by atoms with Crippen LogP contribution in [0.15, 0.2) is 18.3 Å². The fourth-order valence-electron chi connectivity index (χ4n) is 2.64. The zero-order valence-corrected chi connectivity index (χ0v) is 12.1. The van der Waals surface area contributed by atoms with E-state index in [2.05, 4.69) is 10.3 Å². The van der Waals surface area contributed by atoms with Crippen molar-refractivity contribution in [1.29, 1.82) is 0 Å². The van der Waals surface area contributed by atoms with Gasteiger partial charge in [-0.2, -0.15) is 0 Å². The lowest BCUT2D eigenvalue weighted by Gasteiger charge is -2.27. The summed E-state index contributed by atoms with van der Waals surface area (Å²) in [7, 11) is 0. The van der Waals surface area contributed by atoms with Crippen molar-refractivity contribution in [2.75, 3.05) is 25.0 Å². The number of aromatic nitrogens is 1. The molecular formula is C14H20ClN3O2. The van der Waals surface area contributed by atoms with Gasteiger partial charge in [0.05, 0.1) is 18.8 Å². The third kappa shape index (κ3) is 4.16. The van der Waals surface area contributed by atoms with E-state index in [9.17, 15) is 4.79 Å². The highest BCUT2D eigenvalue weighted by Crippen LogP contribution is 2.23. The predicted octanol–water partition coefficient (Wildman–Crippen LogP) is 1.91. The number of aliphatic hydroxyl groups excluding tert-OH is 1. The van der Waals surface area contributed by atoms with Gasteiger partial charge in [-0.3, -0.25) is 9.69 Å². The molecular weight excluding hydrogens is 278 g/mol. The molecule has 20 heavy (non-hydrogen) atoms. The lowest BCUT2D eigenvalue weighted by Crippen LogP contribution is -2.41. The molecule has 0 bridgehead atoms. The van der Waals surface area contributed by atoms with Crippen molar-refractivity contribution in [1.82, 2.24) is 9.88 Å². The highest BCUT2D eigenvalue weighted by molar-refractivity contribution is 6.32. The highest BCUT2D eigenvalue weighted by Gasteiger charge is 2.24. The van der Waals surface area contributed by atoms with Gasteiger partial charge in [-0.15, -0.1) is 0 Å². The highest BCUT2D eigenvalue weighted by atomic mass is 35.5. The van der Waals surface area contributed by atoms with E-state index in [0.29, 0.717) is 18.3 Å². The van der Waals surface area contributed by atoms with Crippen molar-refractivity contribution >= 4 is 23.2 Å². The Hall–Kier alpha value is -1.17. The Balaban J connectivity index is 1.92. The molecule has 6 heteroatoms. The normalized spacial score (nSPS) is 15.8. The third-order valence-electron chi connectivity index (χ3n) is 3.61. The van der Waals surface area contributed by atoms with Gasteiger partial charge in [-0.1, -0.05) is 24.4 Å². The zero-order valence-electron chi connectivity index (χ0n) is 11.4. The zero-order chi connectivity index (χ0) is 14.4. The maximum absolute atomic E-state index is 12.1. The van der Waals surface area contributed by atoms with Gasteiger partial charge in [0, 0.05) is 18.8 Å². The summed E-state index contributed by atoms with van der Waals surface area (Å²) in [6.07, 6.45) is 6.17. The van der Waals surface area contributed by atoms with E-state index in [0.717, 1.165) is 12.8 Å². The number of pyridine rings is 1. The summed E-state index contributed by atoms with van der Waals surface area (Å²) < 4.78 is 0. The van der Waals surface area contributed by atoms with Crippen LogP contribution in [0.2, 0.25) is 5.15 Å². The smallest absolute Gasteiger partial charge is 0.238 e. The van der Waals surface area contributed by atoms with E-state index in [1.807, 2.05) is 4.90 Å². The molecule has 0 spiro atoms. The van der Waals surface area contributed by atoms with Crippen LogP contribution in [0.5, 0.6) is 0 Å². The lowest BCUT2D eigenvalue weighted by atomic mass is 10.2. The molecule has 1 aliphatic rings. The van der Waals surface area contributed by atoms with Crippen molar-refractivity contribution in [3.63, 3.8) is 0 Å². The van der Waals surface area contributed by atoms with Crippen LogP contribution in [0.25, 0.3) is 0 Å². The molecule has 2 rings (SSSR count). The summed E-state index contributed by atoms with van der Waals surface area (Å²) in [5.74, 6) is -0.125. The number of nitrogens with one attached hydrogen (secondary N) is 1. The summed E-state index contributed by atoms with van der Waals surface area (Å²) in [5, 5.41) is 12.2. The van der Waals surface area contributed by atoms with E-state index >= 15 is 0 Å². The third-order valence-corrected chi connectivity index (χ3v) is 3.91. The van der Waals surface area contributed by atoms with Crippen LogP contribution in [0.3, 0.4) is 0 Å². The molecule has 1 aliphatic carbocycles. The quantitative estimate of drug-likeness (QED) is 0.787. The molecule has 1 aromatic rings. The molecule has 0 radical (unpaired) electrons. The number of carbonyl (C=O) groups excluding carboxylic acids is 1. The first-order valence-corrected chi connectivity index (χ1v) is 7.34. The van der Waals surface area contributed by atoms with E-state index in [-0.39, 0.29) is 24.2 Å². The van der Waals surface area contributed by atoms with Crippen LogP contribution in [0, 0.1) is 0 Å². The summed E-state index contributed by atoms with van der Waals surface area (Å²) in [6, 6.07) is 3.85. The molecule has 0 unspecified atom stereocenters. The van der Waals surface area contributed by atoms with Crippen LogP contribution in [0.1, 0.15) is 25.7 Å². The predicted molar refractivity (Wildman–Crippen MR) is 78.8 cm³/mol. The van der Waals surface area contributed by atoms with Crippen LogP contribution in [0.4, 0.5) is 5.69 Å². The Bertz CT molecular complexity index is 450. The summed E-state index contributed by atoms with van der Waals surface area (Å²) in [6.45, 7) is 0.868. The molecule has 110 valence electrons. The van der Waals surface area contributed by atoms with Gasteiger partial charge < -0.3 is 10.4 Å². The minimum atomic E-state index is -0.125. The Morgan fingerprint density at radius 2 is 2.25 bits per heavy atom. The fourth-order valence-corrected chi connectivity index (χ4v) is 2.81. The van der Waals surface area contributed by atoms with E-state index in [1.165, 1.54) is 12.8 Å². The monoisotopic (exact) mass is 297 g/mol. The first kappa shape index (κ1) is 15.2. The van der Waals surface area contributed by atoms with Crippen molar-refractivity contribution < 1.29 is 9.90 Å². The Morgan fingerprint density at radius 1 is 1.50 bits per heavy atom. The van der Waals surface area contributed by atoms with Crippen molar-refractivity contribution in [2.45, 2.75) is 31.7 Å². The molecule has 0 aromatic carbocycles. The Morgan fingerprint density at radius 3 is 2.90 bits per heavy atom. The average Bonchev–Trinajstić information content (AvgIpc) is 2.95. The number of aliphatic hydroxyl groups is 1. The first-order chi connectivity index (χ1) is 9.70.